The van der Waals surface area contributed by atoms with Crippen LogP contribution in [0.15, 0.2) is 53.4 Å². The highest BCUT2D eigenvalue weighted by atomic mass is 32.2. The summed E-state index contributed by atoms with van der Waals surface area (Å²) in [5, 5.41) is 0. The van der Waals surface area contributed by atoms with E-state index in [0.29, 0.717) is 29.2 Å². The van der Waals surface area contributed by atoms with Crippen LogP contribution in [0.25, 0.3) is 0 Å². The maximum absolute atomic E-state index is 13.1. The van der Waals surface area contributed by atoms with Crippen molar-refractivity contribution >= 4 is 27.5 Å². The number of hydrogen-bond acceptors (Lipinski definition) is 5. The molecular formula is C25H29N3O5S. The minimum atomic E-state index is -3.91. The van der Waals surface area contributed by atoms with E-state index in [0.717, 1.165) is 19.3 Å². The highest BCUT2D eigenvalue weighted by molar-refractivity contribution is 7.92. The predicted octanol–water partition coefficient (Wildman–Crippen LogP) is 3.47. The van der Waals surface area contributed by atoms with Gasteiger partial charge in [-0.15, -0.1) is 0 Å². The van der Waals surface area contributed by atoms with Crippen molar-refractivity contribution in [3.8, 4) is 5.75 Å². The van der Waals surface area contributed by atoms with E-state index in [9.17, 15) is 18.0 Å². The Hall–Kier alpha value is -3.07. The molecule has 0 heterocycles. The second-order valence-corrected chi connectivity index (χ2v) is 11.7. The maximum Gasteiger partial charge on any atom is 0.269 e. The lowest BCUT2D eigenvalue weighted by Crippen LogP contribution is -2.56. The van der Waals surface area contributed by atoms with Gasteiger partial charge in [0.05, 0.1) is 17.4 Å². The Labute approximate surface area is 199 Å². The van der Waals surface area contributed by atoms with Crippen LogP contribution in [0, 0.1) is 23.2 Å². The fourth-order valence-corrected chi connectivity index (χ4v) is 7.49. The molecule has 4 saturated carbocycles. The lowest BCUT2D eigenvalue weighted by Gasteiger charge is -2.55. The zero-order valence-electron chi connectivity index (χ0n) is 19.0. The van der Waals surface area contributed by atoms with Gasteiger partial charge in [0, 0.05) is 11.3 Å². The van der Waals surface area contributed by atoms with Crippen LogP contribution in [0.2, 0.25) is 0 Å². The van der Waals surface area contributed by atoms with E-state index in [4.69, 9.17) is 4.74 Å². The van der Waals surface area contributed by atoms with Crippen molar-refractivity contribution in [2.45, 2.75) is 43.4 Å². The smallest absolute Gasteiger partial charge is 0.269 e. The van der Waals surface area contributed by atoms with E-state index < -0.39 is 15.9 Å². The van der Waals surface area contributed by atoms with Crippen molar-refractivity contribution in [2.24, 2.45) is 23.2 Å². The van der Waals surface area contributed by atoms with Crippen LogP contribution >= 0.6 is 0 Å². The largest absolute Gasteiger partial charge is 0.497 e. The molecule has 4 aliphatic carbocycles. The molecular weight excluding hydrogens is 454 g/mol. The van der Waals surface area contributed by atoms with Crippen molar-refractivity contribution in [3.63, 3.8) is 0 Å². The van der Waals surface area contributed by atoms with Gasteiger partial charge in [0.1, 0.15) is 5.75 Å². The van der Waals surface area contributed by atoms with Crippen LogP contribution < -0.4 is 20.3 Å². The van der Waals surface area contributed by atoms with Crippen molar-refractivity contribution in [1.29, 1.82) is 0 Å². The predicted molar refractivity (Wildman–Crippen MR) is 126 cm³/mol. The molecule has 9 heteroatoms. The molecule has 2 aromatic rings. The third-order valence-electron chi connectivity index (χ3n) is 7.56. The minimum Gasteiger partial charge on any atom is -0.497 e. The Kier molecular flexibility index (Phi) is 5.75. The fraction of sp³-hybridized carbons (Fsp3) is 0.440. The van der Waals surface area contributed by atoms with Gasteiger partial charge in [0.15, 0.2) is 0 Å². The van der Waals surface area contributed by atoms with E-state index in [-0.39, 0.29) is 21.8 Å². The fourth-order valence-electron chi connectivity index (χ4n) is 6.38. The highest BCUT2D eigenvalue weighted by Gasteiger charge is 2.54. The van der Waals surface area contributed by atoms with Crippen LogP contribution in [0.4, 0.5) is 5.69 Å². The second-order valence-electron chi connectivity index (χ2n) is 9.97. The minimum absolute atomic E-state index is 0.0524. The summed E-state index contributed by atoms with van der Waals surface area (Å²) in [5.41, 5.74) is 5.26. The van der Waals surface area contributed by atoms with Crippen molar-refractivity contribution in [2.75, 3.05) is 11.8 Å². The molecule has 8 nitrogen and oxygen atoms in total. The number of rotatable bonds is 6. The number of carbonyl (C=O) groups excluding carboxylic acids is 2. The molecule has 0 aromatic heterocycles. The summed E-state index contributed by atoms with van der Waals surface area (Å²) < 4.78 is 33.2. The standard InChI is InChI=1S/C25H29N3O5S/c1-33-21-7-5-20(6-8-21)28-34(31,32)22-4-2-3-19(12-22)23(29)26-27-24(30)25-13-16-9-17(14-25)11-18(10-16)15-25/h2-8,12,16-18,28H,9-11,13-15H2,1H3,(H,26,29)(H,27,30). The Balaban J connectivity index is 1.24. The summed E-state index contributed by atoms with van der Waals surface area (Å²) in [7, 11) is -2.38. The zero-order valence-corrected chi connectivity index (χ0v) is 19.9. The number of methoxy groups -OCH3 is 1. The first-order valence-electron chi connectivity index (χ1n) is 11.6. The molecule has 4 bridgehead atoms. The van der Waals surface area contributed by atoms with E-state index in [1.165, 1.54) is 50.6 Å². The van der Waals surface area contributed by atoms with Crippen molar-refractivity contribution < 1.29 is 22.7 Å². The molecule has 180 valence electrons. The van der Waals surface area contributed by atoms with Crippen LogP contribution in [-0.2, 0) is 14.8 Å². The van der Waals surface area contributed by atoms with Gasteiger partial charge in [0.2, 0.25) is 5.91 Å². The molecule has 2 amide bonds. The number of carbonyl (C=O) groups is 2. The molecule has 0 spiro atoms. The third-order valence-corrected chi connectivity index (χ3v) is 8.94. The number of benzene rings is 2. The molecule has 2 aromatic carbocycles. The van der Waals surface area contributed by atoms with Crippen LogP contribution in [0.3, 0.4) is 0 Å². The van der Waals surface area contributed by atoms with Crippen LogP contribution in [0.1, 0.15) is 48.9 Å². The van der Waals surface area contributed by atoms with Crippen molar-refractivity contribution in [3.05, 3.63) is 54.1 Å². The lowest BCUT2D eigenvalue weighted by atomic mass is 9.49. The first-order valence-corrected chi connectivity index (χ1v) is 13.1. The summed E-state index contributed by atoms with van der Waals surface area (Å²) in [6.07, 6.45) is 6.36. The number of amides is 2. The molecule has 34 heavy (non-hydrogen) atoms. The number of sulfonamides is 1. The summed E-state index contributed by atoms with van der Waals surface area (Å²) >= 11 is 0. The summed E-state index contributed by atoms with van der Waals surface area (Å²) in [4.78, 5) is 25.7. The van der Waals surface area contributed by atoms with Gasteiger partial charge in [0.25, 0.3) is 15.9 Å². The monoisotopic (exact) mass is 483 g/mol. The van der Waals surface area contributed by atoms with Crippen LogP contribution in [0.5, 0.6) is 5.75 Å². The molecule has 0 unspecified atom stereocenters. The number of hydrogen-bond donors (Lipinski definition) is 3. The molecule has 0 atom stereocenters. The second kappa shape index (κ2) is 8.61. The molecule has 0 saturated heterocycles. The van der Waals surface area contributed by atoms with E-state index >= 15 is 0 Å². The topological polar surface area (TPSA) is 114 Å². The third kappa shape index (κ3) is 4.36. The molecule has 3 N–H and O–H groups in total. The van der Waals surface area contributed by atoms with Gasteiger partial charge in [-0.3, -0.25) is 25.2 Å². The van der Waals surface area contributed by atoms with Gasteiger partial charge >= 0.3 is 0 Å². The average Bonchev–Trinajstić information content (AvgIpc) is 2.82. The number of nitrogens with one attached hydrogen (secondary N) is 3. The van der Waals surface area contributed by atoms with Gasteiger partial charge in [-0.1, -0.05) is 6.07 Å². The normalized spacial score (nSPS) is 27.1. The summed E-state index contributed by atoms with van der Waals surface area (Å²) in [6, 6.07) is 12.2. The highest BCUT2D eigenvalue weighted by Crippen LogP contribution is 2.60. The Bertz CT molecular complexity index is 1170. The van der Waals surface area contributed by atoms with Crippen LogP contribution in [-0.4, -0.2) is 27.3 Å². The molecule has 0 aliphatic heterocycles. The molecule has 4 aliphatic rings. The SMILES string of the molecule is COc1ccc(NS(=O)(=O)c2cccc(C(=O)NNC(=O)C34CC5CC(CC(C5)C3)C4)c2)cc1. The van der Waals surface area contributed by atoms with Gasteiger partial charge in [-0.25, -0.2) is 8.42 Å². The summed E-state index contributed by atoms with van der Waals surface area (Å²) in [6.45, 7) is 0. The Morgan fingerprint density at radius 3 is 2.12 bits per heavy atom. The number of hydrazine groups is 1. The number of ether oxygens (including phenoxy) is 1. The zero-order chi connectivity index (χ0) is 23.9. The van der Waals surface area contributed by atoms with Crippen molar-refractivity contribution in [1.82, 2.24) is 10.9 Å². The first kappa shape index (κ1) is 22.7. The van der Waals surface area contributed by atoms with E-state index in [1.807, 2.05) is 0 Å². The molecule has 6 rings (SSSR count). The molecule has 0 radical (unpaired) electrons. The lowest BCUT2D eigenvalue weighted by molar-refractivity contribution is -0.147. The average molecular weight is 484 g/mol. The maximum atomic E-state index is 13.1. The van der Waals surface area contributed by atoms with Gasteiger partial charge < -0.3 is 4.74 Å². The molecule has 4 fully saturated rings. The van der Waals surface area contributed by atoms with Gasteiger partial charge in [-0.2, -0.15) is 0 Å². The number of anilines is 1. The Morgan fingerprint density at radius 2 is 1.53 bits per heavy atom. The Morgan fingerprint density at radius 1 is 0.912 bits per heavy atom. The van der Waals surface area contributed by atoms with E-state index in [1.54, 1.807) is 24.3 Å². The first-order chi connectivity index (χ1) is 16.3. The summed E-state index contributed by atoms with van der Waals surface area (Å²) in [5.74, 6) is 1.79. The quantitative estimate of drug-likeness (QED) is 0.545. The van der Waals surface area contributed by atoms with Gasteiger partial charge in [-0.05, 0) is 98.7 Å². The van der Waals surface area contributed by atoms with E-state index in [2.05, 4.69) is 15.6 Å².